The minimum atomic E-state index is -1.08. The third-order valence-corrected chi connectivity index (χ3v) is 4.05. The average molecular weight is 438 g/mol. The Kier molecular flexibility index (Phi) is 8.35. The molecule has 10 nitrogen and oxygen atoms in total. The zero-order chi connectivity index (χ0) is 23.7. The minimum Gasteiger partial charge on any atom is -0.461 e. The van der Waals surface area contributed by atoms with Gasteiger partial charge in [-0.05, 0) is 26.0 Å². The van der Waals surface area contributed by atoms with E-state index < -0.39 is 35.2 Å². The molecule has 0 fully saturated rings. The first-order valence-electron chi connectivity index (χ1n) is 9.62. The average Bonchev–Trinajstić information content (AvgIpc) is 2.79. The van der Waals surface area contributed by atoms with Crippen molar-refractivity contribution >= 4 is 46.6 Å². The van der Waals surface area contributed by atoms with E-state index in [0.29, 0.717) is 0 Å². The molecule has 166 valence electrons. The number of anilines is 2. The lowest BCUT2D eigenvalue weighted by molar-refractivity contribution is -0.135. The van der Waals surface area contributed by atoms with E-state index in [2.05, 4.69) is 10.6 Å². The molecule has 0 aromatic heterocycles. The minimum absolute atomic E-state index is 0.0678. The highest BCUT2D eigenvalue weighted by molar-refractivity contribution is 6.47. The summed E-state index contributed by atoms with van der Waals surface area (Å²) in [5.74, 6) is -3.90. The molecule has 0 radical (unpaired) electrons. The van der Waals surface area contributed by atoms with Crippen molar-refractivity contribution in [1.29, 1.82) is 10.8 Å². The number of hydrogen-bond donors (Lipinski definition) is 4. The number of para-hydroxylation sites is 2. The summed E-state index contributed by atoms with van der Waals surface area (Å²) < 4.78 is 9.61. The monoisotopic (exact) mass is 438 g/mol. The highest BCUT2D eigenvalue weighted by atomic mass is 16.5. The molecule has 0 aliphatic heterocycles. The van der Waals surface area contributed by atoms with Crippen LogP contribution < -0.4 is 10.6 Å². The lowest BCUT2D eigenvalue weighted by Crippen LogP contribution is -2.31. The third-order valence-electron chi connectivity index (χ3n) is 4.05. The van der Waals surface area contributed by atoms with Crippen LogP contribution in [0.4, 0.5) is 11.4 Å². The highest BCUT2D eigenvalue weighted by Gasteiger charge is 2.22. The summed E-state index contributed by atoms with van der Waals surface area (Å²) in [6.07, 6.45) is 0. The van der Waals surface area contributed by atoms with Gasteiger partial charge < -0.3 is 20.1 Å². The number of carbonyl (C=O) groups excluding carboxylic acids is 4. The Morgan fingerprint density at radius 2 is 1.03 bits per heavy atom. The lowest BCUT2D eigenvalue weighted by Gasteiger charge is -2.13. The first-order valence-corrected chi connectivity index (χ1v) is 9.62. The van der Waals surface area contributed by atoms with Gasteiger partial charge in [-0.25, -0.2) is 9.59 Å². The molecular formula is C22H22N4O6. The molecule has 0 saturated carbocycles. The van der Waals surface area contributed by atoms with Crippen LogP contribution in [0.3, 0.4) is 0 Å². The van der Waals surface area contributed by atoms with Crippen molar-refractivity contribution in [1.82, 2.24) is 0 Å². The van der Waals surface area contributed by atoms with Gasteiger partial charge in [-0.3, -0.25) is 20.4 Å². The van der Waals surface area contributed by atoms with E-state index in [-0.39, 0.29) is 35.7 Å². The fraction of sp³-hybridized carbons (Fsp3) is 0.182. The standard InChI is InChI=1S/C22H22N4O6/c1-3-31-21(29)17(23)13-9-5-7-11-15(13)25-19(27)20(28)26-16-12-8-6-10-14(16)18(24)22(30)32-4-2/h5-12,23-24H,3-4H2,1-2H3,(H,25,27)(H,26,28). The molecule has 0 heterocycles. The molecule has 32 heavy (non-hydrogen) atoms. The molecule has 0 bridgehead atoms. The number of ether oxygens (including phenoxy) is 2. The van der Waals surface area contributed by atoms with Gasteiger partial charge in [0.25, 0.3) is 0 Å². The van der Waals surface area contributed by atoms with Crippen LogP contribution in [0.15, 0.2) is 48.5 Å². The Bertz CT molecular complexity index is 994. The Hall–Kier alpha value is -4.34. The van der Waals surface area contributed by atoms with Crippen LogP contribution in [0, 0.1) is 10.8 Å². The molecule has 0 saturated heterocycles. The van der Waals surface area contributed by atoms with Gasteiger partial charge in [0.1, 0.15) is 11.4 Å². The van der Waals surface area contributed by atoms with E-state index >= 15 is 0 Å². The summed E-state index contributed by atoms with van der Waals surface area (Å²) in [6, 6.07) is 12.0. The van der Waals surface area contributed by atoms with Crippen LogP contribution in [0.25, 0.3) is 0 Å². The first-order chi connectivity index (χ1) is 15.3. The number of esters is 2. The molecule has 0 spiro atoms. The number of benzene rings is 2. The van der Waals surface area contributed by atoms with Gasteiger partial charge in [0.05, 0.1) is 24.6 Å². The van der Waals surface area contributed by atoms with Gasteiger partial charge in [0.2, 0.25) is 0 Å². The second-order valence-electron chi connectivity index (χ2n) is 6.19. The molecule has 2 rings (SSSR count). The Labute approximate surface area is 183 Å². The van der Waals surface area contributed by atoms with E-state index in [1.165, 1.54) is 24.3 Å². The van der Waals surface area contributed by atoms with Gasteiger partial charge in [-0.2, -0.15) is 0 Å². The zero-order valence-electron chi connectivity index (χ0n) is 17.5. The topological polar surface area (TPSA) is 158 Å². The smallest absolute Gasteiger partial charge is 0.356 e. The van der Waals surface area contributed by atoms with E-state index in [9.17, 15) is 19.2 Å². The number of hydrogen-bond acceptors (Lipinski definition) is 8. The van der Waals surface area contributed by atoms with Crippen molar-refractivity contribution in [3.63, 3.8) is 0 Å². The maximum Gasteiger partial charge on any atom is 0.356 e. The maximum atomic E-state index is 12.4. The van der Waals surface area contributed by atoms with Crippen LogP contribution >= 0.6 is 0 Å². The number of rotatable bonds is 8. The third kappa shape index (κ3) is 5.85. The molecule has 4 N–H and O–H groups in total. The van der Waals surface area contributed by atoms with Gasteiger partial charge in [-0.1, -0.05) is 36.4 Å². The second-order valence-corrected chi connectivity index (χ2v) is 6.19. The fourth-order valence-electron chi connectivity index (χ4n) is 2.60. The molecule has 0 aliphatic carbocycles. The zero-order valence-corrected chi connectivity index (χ0v) is 17.5. The van der Waals surface area contributed by atoms with Gasteiger partial charge in [0, 0.05) is 11.1 Å². The van der Waals surface area contributed by atoms with Gasteiger partial charge >= 0.3 is 23.8 Å². The molecule has 10 heteroatoms. The van der Waals surface area contributed by atoms with Crippen molar-refractivity contribution in [2.45, 2.75) is 13.8 Å². The molecule has 0 aliphatic rings. The largest absolute Gasteiger partial charge is 0.461 e. The molecule has 2 amide bonds. The van der Waals surface area contributed by atoms with E-state index in [1.54, 1.807) is 38.1 Å². The predicted octanol–water partition coefficient (Wildman–Crippen LogP) is 2.13. The number of carbonyl (C=O) groups is 4. The predicted molar refractivity (Wildman–Crippen MR) is 117 cm³/mol. The summed E-state index contributed by atoms with van der Waals surface area (Å²) in [7, 11) is 0. The Morgan fingerprint density at radius 1 is 0.688 bits per heavy atom. The molecular weight excluding hydrogens is 416 g/mol. The van der Waals surface area contributed by atoms with Crippen LogP contribution in [0.2, 0.25) is 0 Å². The van der Waals surface area contributed by atoms with Crippen LogP contribution in [0.1, 0.15) is 25.0 Å². The van der Waals surface area contributed by atoms with E-state index in [0.717, 1.165) is 0 Å². The van der Waals surface area contributed by atoms with Crippen molar-refractivity contribution < 1.29 is 28.7 Å². The van der Waals surface area contributed by atoms with Crippen molar-refractivity contribution in [2.75, 3.05) is 23.8 Å². The fourth-order valence-corrected chi connectivity index (χ4v) is 2.60. The molecule has 0 unspecified atom stereocenters. The summed E-state index contributed by atoms with van der Waals surface area (Å²) in [6.45, 7) is 3.36. The van der Waals surface area contributed by atoms with Gasteiger partial charge in [0.15, 0.2) is 0 Å². The van der Waals surface area contributed by atoms with Crippen molar-refractivity contribution in [2.24, 2.45) is 0 Å². The van der Waals surface area contributed by atoms with Crippen LogP contribution in [-0.2, 0) is 28.7 Å². The summed E-state index contributed by atoms with van der Waals surface area (Å²) in [5, 5.41) is 20.6. The summed E-state index contributed by atoms with van der Waals surface area (Å²) in [5.41, 5.74) is -0.655. The van der Waals surface area contributed by atoms with E-state index in [4.69, 9.17) is 20.3 Å². The Morgan fingerprint density at radius 3 is 1.38 bits per heavy atom. The van der Waals surface area contributed by atoms with Crippen LogP contribution in [-0.4, -0.2) is 48.4 Å². The first kappa shape index (κ1) is 23.9. The number of amides is 2. The van der Waals surface area contributed by atoms with Gasteiger partial charge in [-0.15, -0.1) is 0 Å². The SMILES string of the molecule is CCOC(=O)C(=N)c1ccccc1NC(=O)C(=O)Nc1ccccc1C(=N)C(=O)OCC. The highest BCUT2D eigenvalue weighted by Crippen LogP contribution is 2.18. The maximum absolute atomic E-state index is 12.4. The second kappa shape index (κ2) is 11.2. The van der Waals surface area contributed by atoms with Crippen molar-refractivity contribution in [3.05, 3.63) is 59.7 Å². The lowest BCUT2D eigenvalue weighted by atomic mass is 10.1. The quantitative estimate of drug-likeness (QED) is 0.281. The molecule has 0 atom stereocenters. The molecule has 2 aromatic rings. The summed E-state index contributed by atoms with van der Waals surface area (Å²) in [4.78, 5) is 48.6. The van der Waals surface area contributed by atoms with E-state index in [1.807, 2.05) is 0 Å². The molecule has 2 aromatic carbocycles. The summed E-state index contributed by atoms with van der Waals surface area (Å²) >= 11 is 0. The Balaban J connectivity index is 2.19. The number of nitrogens with one attached hydrogen (secondary N) is 4. The normalized spacial score (nSPS) is 9.94. The van der Waals surface area contributed by atoms with Crippen molar-refractivity contribution in [3.8, 4) is 0 Å². The van der Waals surface area contributed by atoms with Crippen LogP contribution in [0.5, 0.6) is 0 Å².